The van der Waals surface area contributed by atoms with E-state index in [0.717, 1.165) is 52.1 Å². The molecule has 5 heteroatoms. The Morgan fingerprint density at radius 3 is 2.63 bits per heavy atom. The lowest BCUT2D eigenvalue weighted by molar-refractivity contribution is -0.118. The average Bonchev–Trinajstić information content (AvgIpc) is 3.46. The van der Waals surface area contributed by atoms with Gasteiger partial charge < -0.3 is 20.5 Å². The molecule has 5 nitrogen and oxygen atoms in total. The molecule has 30 heavy (non-hydrogen) atoms. The molecule has 1 amide bonds. The SMILES string of the molecule is Cc1ccc(NC(=O)C2(c3ccc4c(c3)OCO4)CC2)cc1-c1ccccc1CN.[HH]. The summed E-state index contributed by atoms with van der Waals surface area (Å²) in [4.78, 5) is 13.2. The Balaban J connectivity index is 0.00000231. The highest BCUT2D eigenvalue weighted by atomic mass is 16.7. The van der Waals surface area contributed by atoms with E-state index in [1.807, 2.05) is 54.6 Å². The number of benzene rings is 3. The number of ether oxygens (including phenoxy) is 2. The number of amides is 1. The fraction of sp³-hybridized carbons (Fsp3) is 0.240. The topological polar surface area (TPSA) is 73.6 Å². The second-order valence-electron chi connectivity index (χ2n) is 8.00. The Bertz CT molecular complexity index is 1140. The molecule has 1 heterocycles. The first-order valence-electron chi connectivity index (χ1n) is 10.2. The summed E-state index contributed by atoms with van der Waals surface area (Å²) in [6, 6.07) is 20.0. The zero-order valence-electron chi connectivity index (χ0n) is 16.9. The third kappa shape index (κ3) is 3.12. The molecule has 1 fully saturated rings. The summed E-state index contributed by atoms with van der Waals surface area (Å²) in [7, 11) is 0. The monoisotopic (exact) mass is 402 g/mol. The molecule has 0 atom stereocenters. The summed E-state index contributed by atoms with van der Waals surface area (Å²) in [5.41, 5.74) is 11.6. The van der Waals surface area contributed by atoms with Gasteiger partial charge in [-0.15, -0.1) is 0 Å². The number of carbonyl (C=O) groups is 1. The second-order valence-corrected chi connectivity index (χ2v) is 8.00. The lowest BCUT2D eigenvalue weighted by Crippen LogP contribution is -2.27. The van der Waals surface area contributed by atoms with Crippen LogP contribution in [0.15, 0.2) is 60.7 Å². The van der Waals surface area contributed by atoms with Gasteiger partial charge in [-0.05, 0) is 71.8 Å². The minimum Gasteiger partial charge on any atom is -0.454 e. The average molecular weight is 402 g/mol. The minimum atomic E-state index is -0.499. The fourth-order valence-corrected chi connectivity index (χ4v) is 4.17. The van der Waals surface area contributed by atoms with Crippen LogP contribution >= 0.6 is 0 Å². The van der Waals surface area contributed by atoms with Crippen LogP contribution in [0.3, 0.4) is 0 Å². The van der Waals surface area contributed by atoms with E-state index in [-0.39, 0.29) is 14.1 Å². The van der Waals surface area contributed by atoms with Crippen molar-refractivity contribution in [2.24, 2.45) is 5.73 Å². The molecule has 0 bridgehead atoms. The Morgan fingerprint density at radius 1 is 1.03 bits per heavy atom. The van der Waals surface area contributed by atoms with Crippen LogP contribution in [0.2, 0.25) is 0 Å². The first kappa shape index (κ1) is 18.7. The van der Waals surface area contributed by atoms with Crippen LogP contribution < -0.4 is 20.5 Å². The van der Waals surface area contributed by atoms with Crippen LogP contribution in [0.1, 0.15) is 31.0 Å². The van der Waals surface area contributed by atoms with Crippen LogP contribution in [0.5, 0.6) is 11.5 Å². The van der Waals surface area contributed by atoms with E-state index >= 15 is 0 Å². The van der Waals surface area contributed by atoms with E-state index in [4.69, 9.17) is 15.2 Å². The minimum absolute atomic E-state index is 0. The molecule has 3 aromatic rings. The van der Waals surface area contributed by atoms with Crippen molar-refractivity contribution in [3.8, 4) is 22.6 Å². The van der Waals surface area contributed by atoms with Gasteiger partial charge in [-0.3, -0.25) is 4.79 Å². The van der Waals surface area contributed by atoms with Gasteiger partial charge in [0.25, 0.3) is 0 Å². The summed E-state index contributed by atoms with van der Waals surface area (Å²) >= 11 is 0. The van der Waals surface area contributed by atoms with Crippen molar-refractivity contribution in [2.45, 2.75) is 31.7 Å². The van der Waals surface area contributed by atoms with Crippen molar-refractivity contribution in [1.82, 2.24) is 0 Å². The molecule has 0 aromatic heterocycles. The maximum absolute atomic E-state index is 13.2. The molecule has 1 aliphatic heterocycles. The molecule has 1 aliphatic carbocycles. The van der Waals surface area contributed by atoms with E-state index in [1.165, 1.54) is 0 Å². The van der Waals surface area contributed by atoms with E-state index in [0.29, 0.717) is 12.3 Å². The molecule has 0 radical (unpaired) electrons. The number of hydrogen-bond acceptors (Lipinski definition) is 4. The van der Waals surface area contributed by atoms with Gasteiger partial charge in [-0.2, -0.15) is 0 Å². The number of carbonyl (C=O) groups excluding carboxylic acids is 1. The van der Waals surface area contributed by atoms with Crippen molar-refractivity contribution >= 4 is 11.6 Å². The Hall–Kier alpha value is -3.31. The lowest BCUT2D eigenvalue weighted by atomic mass is 9.93. The number of aryl methyl sites for hydroxylation is 1. The van der Waals surface area contributed by atoms with Gasteiger partial charge in [-0.25, -0.2) is 0 Å². The molecule has 2 aliphatic rings. The first-order chi connectivity index (χ1) is 14.6. The molecular formula is C25H26N2O3. The largest absolute Gasteiger partial charge is 0.454 e. The van der Waals surface area contributed by atoms with Gasteiger partial charge in [-0.1, -0.05) is 36.4 Å². The third-order valence-electron chi connectivity index (χ3n) is 6.13. The summed E-state index contributed by atoms with van der Waals surface area (Å²) in [5.74, 6) is 1.46. The van der Waals surface area contributed by atoms with E-state index in [9.17, 15) is 4.79 Å². The van der Waals surface area contributed by atoms with Crippen LogP contribution in [-0.4, -0.2) is 12.7 Å². The highest BCUT2D eigenvalue weighted by molar-refractivity contribution is 6.02. The number of nitrogens with one attached hydrogen (secondary N) is 1. The number of hydrogen-bond donors (Lipinski definition) is 2. The molecule has 0 saturated heterocycles. The van der Waals surface area contributed by atoms with E-state index in [2.05, 4.69) is 18.3 Å². The molecule has 5 rings (SSSR count). The molecule has 3 aromatic carbocycles. The van der Waals surface area contributed by atoms with Crippen LogP contribution in [0, 0.1) is 6.92 Å². The van der Waals surface area contributed by atoms with E-state index < -0.39 is 5.41 Å². The second kappa shape index (κ2) is 7.18. The van der Waals surface area contributed by atoms with Gasteiger partial charge >= 0.3 is 0 Å². The molecular weight excluding hydrogens is 376 g/mol. The summed E-state index contributed by atoms with van der Waals surface area (Å²) < 4.78 is 10.9. The number of anilines is 1. The lowest BCUT2D eigenvalue weighted by Gasteiger charge is -2.18. The van der Waals surface area contributed by atoms with Crippen molar-refractivity contribution in [2.75, 3.05) is 12.1 Å². The molecule has 154 valence electrons. The normalized spacial score (nSPS) is 15.7. The maximum Gasteiger partial charge on any atom is 0.235 e. The molecule has 0 unspecified atom stereocenters. The summed E-state index contributed by atoms with van der Waals surface area (Å²) in [6.07, 6.45) is 1.65. The summed E-state index contributed by atoms with van der Waals surface area (Å²) in [5, 5.41) is 3.14. The maximum atomic E-state index is 13.2. The van der Waals surface area contributed by atoms with Crippen LogP contribution in [0.25, 0.3) is 11.1 Å². The zero-order valence-corrected chi connectivity index (χ0v) is 16.9. The van der Waals surface area contributed by atoms with Gasteiger partial charge in [0.1, 0.15) is 0 Å². The van der Waals surface area contributed by atoms with Crippen molar-refractivity contribution in [3.63, 3.8) is 0 Å². The van der Waals surface area contributed by atoms with Gasteiger partial charge in [0.05, 0.1) is 5.41 Å². The smallest absolute Gasteiger partial charge is 0.235 e. The quantitative estimate of drug-likeness (QED) is 0.645. The van der Waals surface area contributed by atoms with Gasteiger partial charge in [0.2, 0.25) is 12.7 Å². The van der Waals surface area contributed by atoms with Crippen molar-refractivity contribution in [3.05, 3.63) is 77.4 Å². The molecule has 0 spiro atoms. The fourth-order valence-electron chi connectivity index (χ4n) is 4.17. The van der Waals surface area contributed by atoms with Gasteiger partial charge in [0.15, 0.2) is 11.5 Å². The Labute approximate surface area is 177 Å². The number of fused-ring (bicyclic) bond motifs is 1. The zero-order chi connectivity index (χ0) is 20.7. The van der Waals surface area contributed by atoms with Crippen molar-refractivity contribution in [1.29, 1.82) is 0 Å². The van der Waals surface area contributed by atoms with Crippen molar-refractivity contribution < 1.29 is 15.7 Å². The first-order valence-corrected chi connectivity index (χ1v) is 10.2. The Kier molecular flexibility index (Phi) is 4.48. The van der Waals surface area contributed by atoms with Crippen LogP contribution in [0.4, 0.5) is 5.69 Å². The third-order valence-corrected chi connectivity index (χ3v) is 6.13. The number of rotatable bonds is 5. The Morgan fingerprint density at radius 2 is 1.83 bits per heavy atom. The predicted molar refractivity (Wildman–Crippen MR) is 119 cm³/mol. The van der Waals surface area contributed by atoms with Crippen LogP contribution in [-0.2, 0) is 16.8 Å². The summed E-state index contributed by atoms with van der Waals surface area (Å²) in [6.45, 7) is 2.77. The highest BCUT2D eigenvalue weighted by Gasteiger charge is 2.51. The van der Waals surface area contributed by atoms with Gasteiger partial charge in [0, 0.05) is 13.7 Å². The number of nitrogens with two attached hydrogens (primary N) is 1. The highest BCUT2D eigenvalue weighted by Crippen LogP contribution is 2.51. The van der Waals surface area contributed by atoms with E-state index in [1.54, 1.807) is 0 Å². The molecule has 1 saturated carbocycles. The predicted octanol–water partition coefficient (Wildman–Crippen LogP) is 4.77. The molecule has 3 N–H and O–H groups in total. The standard InChI is InChI=1S/C25H24N2O3.H2/c1-16-6-8-19(13-21(16)20-5-3-2-4-17(20)14-26)27-24(28)25(10-11-25)18-7-9-22-23(12-18)30-15-29-22;/h2-9,12-13H,10-11,14-15,26H2,1H3,(H,27,28);1H.